The number of aryl methyl sites for hydroxylation is 1. The predicted octanol–water partition coefficient (Wildman–Crippen LogP) is 3.47. The normalized spacial score (nSPS) is 12.5. The molecule has 4 heteroatoms. The van der Waals surface area contributed by atoms with Crippen LogP contribution in [0.3, 0.4) is 0 Å². The van der Waals surface area contributed by atoms with Crippen molar-refractivity contribution in [3.63, 3.8) is 0 Å². The lowest BCUT2D eigenvalue weighted by Crippen LogP contribution is -2.21. The Balaban J connectivity index is 1.95. The molecule has 0 aliphatic carbocycles. The molecule has 0 amide bonds. The minimum Gasteiger partial charge on any atom is -0.469 e. The number of nitrogens with zero attached hydrogens (tertiary/aromatic N) is 2. The first-order valence-electron chi connectivity index (χ1n) is 7.17. The minimum absolute atomic E-state index is 0.103. The van der Waals surface area contributed by atoms with Crippen molar-refractivity contribution in [3.8, 4) is 5.69 Å². The Labute approximate surface area is 124 Å². The highest BCUT2D eigenvalue weighted by atomic mass is 16.3. The highest BCUT2D eigenvalue weighted by Gasteiger charge is 2.18. The average Bonchev–Trinajstić information content (AvgIpc) is 3.15. The van der Waals surface area contributed by atoms with Gasteiger partial charge in [0.15, 0.2) is 0 Å². The molecular formula is C17H19N3O. The van der Waals surface area contributed by atoms with Crippen LogP contribution in [-0.4, -0.2) is 16.3 Å². The van der Waals surface area contributed by atoms with Gasteiger partial charge in [-0.1, -0.05) is 25.1 Å². The smallest absolute Gasteiger partial charge is 0.105 e. The van der Waals surface area contributed by atoms with E-state index in [4.69, 9.17) is 4.42 Å². The van der Waals surface area contributed by atoms with Gasteiger partial charge >= 0.3 is 0 Å². The summed E-state index contributed by atoms with van der Waals surface area (Å²) >= 11 is 0. The fraction of sp³-hybridized carbons (Fsp3) is 0.235. The van der Waals surface area contributed by atoms with Crippen molar-refractivity contribution in [2.45, 2.75) is 19.9 Å². The standard InChI is InChI=1S/C17H19N3O/c1-3-18-17(16-9-10-21-13(16)2)14-11-19-20(12-14)15-7-5-4-6-8-15/h4-12,17-18H,3H2,1-2H3. The number of hydrogen-bond donors (Lipinski definition) is 1. The molecule has 1 atom stereocenters. The summed E-state index contributed by atoms with van der Waals surface area (Å²) in [4.78, 5) is 0. The summed E-state index contributed by atoms with van der Waals surface area (Å²) in [6.07, 6.45) is 5.71. The third-order valence-electron chi connectivity index (χ3n) is 3.57. The average molecular weight is 281 g/mol. The van der Waals surface area contributed by atoms with Crippen LogP contribution < -0.4 is 5.32 Å². The fourth-order valence-electron chi connectivity index (χ4n) is 2.51. The van der Waals surface area contributed by atoms with Crippen molar-refractivity contribution in [1.29, 1.82) is 0 Å². The maximum absolute atomic E-state index is 5.44. The van der Waals surface area contributed by atoms with E-state index in [1.807, 2.05) is 54.2 Å². The van der Waals surface area contributed by atoms with E-state index in [-0.39, 0.29) is 6.04 Å². The molecule has 2 heterocycles. The van der Waals surface area contributed by atoms with Gasteiger partial charge in [-0.2, -0.15) is 5.10 Å². The molecule has 0 spiro atoms. The van der Waals surface area contributed by atoms with Crippen LogP contribution >= 0.6 is 0 Å². The number of hydrogen-bond acceptors (Lipinski definition) is 3. The van der Waals surface area contributed by atoms with Crippen molar-refractivity contribution in [3.05, 3.63) is 71.9 Å². The highest BCUT2D eigenvalue weighted by Crippen LogP contribution is 2.26. The second-order valence-electron chi connectivity index (χ2n) is 4.98. The van der Waals surface area contributed by atoms with E-state index >= 15 is 0 Å². The molecule has 1 unspecified atom stereocenters. The Morgan fingerprint density at radius 1 is 1.24 bits per heavy atom. The fourth-order valence-corrected chi connectivity index (χ4v) is 2.51. The molecule has 3 aromatic rings. The Bertz CT molecular complexity index is 700. The van der Waals surface area contributed by atoms with Gasteiger partial charge in [0, 0.05) is 17.3 Å². The molecule has 0 aliphatic heterocycles. The minimum atomic E-state index is 0.103. The summed E-state index contributed by atoms with van der Waals surface area (Å²) in [6.45, 7) is 4.97. The molecule has 21 heavy (non-hydrogen) atoms. The van der Waals surface area contributed by atoms with Crippen molar-refractivity contribution < 1.29 is 4.42 Å². The first-order chi connectivity index (χ1) is 10.3. The molecule has 0 fully saturated rings. The van der Waals surface area contributed by atoms with Crippen LogP contribution in [0.5, 0.6) is 0 Å². The molecule has 0 aliphatic rings. The van der Waals surface area contributed by atoms with E-state index in [2.05, 4.69) is 23.5 Å². The second kappa shape index (κ2) is 5.97. The van der Waals surface area contributed by atoms with Crippen LogP contribution in [0.2, 0.25) is 0 Å². The Hall–Kier alpha value is -2.33. The number of para-hydroxylation sites is 1. The van der Waals surface area contributed by atoms with Gasteiger partial charge in [0.05, 0.1) is 24.2 Å². The van der Waals surface area contributed by atoms with Crippen LogP contribution in [0.1, 0.15) is 29.9 Å². The molecule has 108 valence electrons. The summed E-state index contributed by atoms with van der Waals surface area (Å²) in [5, 5.41) is 7.97. The molecule has 0 saturated carbocycles. The zero-order valence-corrected chi connectivity index (χ0v) is 12.3. The van der Waals surface area contributed by atoms with E-state index in [1.54, 1.807) is 6.26 Å². The number of nitrogens with one attached hydrogen (secondary N) is 1. The molecule has 3 rings (SSSR count). The maximum Gasteiger partial charge on any atom is 0.105 e. The summed E-state index contributed by atoms with van der Waals surface area (Å²) in [5.41, 5.74) is 3.34. The zero-order valence-electron chi connectivity index (χ0n) is 12.3. The lowest BCUT2D eigenvalue weighted by Gasteiger charge is -2.15. The summed E-state index contributed by atoms with van der Waals surface area (Å²) in [7, 11) is 0. The maximum atomic E-state index is 5.44. The van der Waals surface area contributed by atoms with Crippen molar-refractivity contribution in [1.82, 2.24) is 15.1 Å². The van der Waals surface area contributed by atoms with Gasteiger partial charge in [0.1, 0.15) is 5.76 Å². The van der Waals surface area contributed by atoms with Gasteiger partial charge in [-0.3, -0.25) is 0 Å². The van der Waals surface area contributed by atoms with Crippen LogP contribution in [0.4, 0.5) is 0 Å². The molecule has 1 N–H and O–H groups in total. The molecule has 0 saturated heterocycles. The van der Waals surface area contributed by atoms with E-state index in [0.29, 0.717) is 0 Å². The van der Waals surface area contributed by atoms with E-state index in [1.165, 1.54) is 0 Å². The Kier molecular flexibility index (Phi) is 3.88. The van der Waals surface area contributed by atoms with Crippen molar-refractivity contribution in [2.24, 2.45) is 0 Å². The predicted molar refractivity (Wildman–Crippen MR) is 82.5 cm³/mol. The second-order valence-corrected chi connectivity index (χ2v) is 4.98. The summed E-state index contributed by atoms with van der Waals surface area (Å²) in [6, 6.07) is 12.2. The van der Waals surface area contributed by atoms with Gasteiger partial charge in [0.2, 0.25) is 0 Å². The van der Waals surface area contributed by atoms with Crippen LogP contribution in [0.15, 0.2) is 59.5 Å². The third kappa shape index (κ3) is 2.76. The van der Waals surface area contributed by atoms with Gasteiger partial charge in [-0.05, 0) is 31.7 Å². The lowest BCUT2D eigenvalue weighted by molar-refractivity contribution is 0.520. The number of furan rings is 1. The topological polar surface area (TPSA) is 43.0 Å². The quantitative estimate of drug-likeness (QED) is 0.778. The Morgan fingerprint density at radius 3 is 2.71 bits per heavy atom. The molecule has 4 nitrogen and oxygen atoms in total. The number of aromatic nitrogens is 2. The van der Waals surface area contributed by atoms with Gasteiger partial charge in [-0.25, -0.2) is 4.68 Å². The van der Waals surface area contributed by atoms with Crippen LogP contribution in [0, 0.1) is 6.92 Å². The van der Waals surface area contributed by atoms with Crippen molar-refractivity contribution >= 4 is 0 Å². The first-order valence-corrected chi connectivity index (χ1v) is 7.17. The van der Waals surface area contributed by atoms with Crippen LogP contribution in [-0.2, 0) is 0 Å². The molecule has 0 radical (unpaired) electrons. The third-order valence-corrected chi connectivity index (χ3v) is 3.57. The number of rotatable bonds is 5. The number of benzene rings is 1. The van der Waals surface area contributed by atoms with Crippen LogP contribution in [0.25, 0.3) is 5.69 Å². The lowest BCUT2D eigenvalue weighted by atomic mass is 10.0. The molecule has 0 bridgehead atoms. The molecular weight excluding hydrogens is 262 g/mol. The van der Waals surface area contributed by atoms with E-state index in [9.17, 15) is 0 Å². The summed E-state index contributed by atoms with van der Waals surface area (Å²) < 4.78 is 7.34. The van der Waals surface area contributed by atoms with E-state index < -0.39 is 0 Å². The van der Waals surface area contributed by atoms with Gasteiger partial charge in [0.25, 0.3) is 0 Å². The van der Waals surface area contributed by atoms with Crippen molar-refractivity contribution in [2.75, 3.05) is 6.54 Å². The zero-order chi connectivity index (χ0) is 14.7. The largest absolute Gasteiger partial charge is 0.469 e. The SMILES string of the molecule is CCNC(c1cnn(-c2ccccc2)c1)c1ccoc1C. The Morgan fingerprint density at radius 2 is 2.05 bits per heavy atom. The summed E-state index contributed by atoms with van der Waals surface area (Å²) in [5.74, 6) is 0.938. The molecule has 2 aromatic heterocycles. The first kappa shape index (κ1) is 13.6. The molecule has 1 aromatic carbocycles. The van der Waals surface area contributed by atoms with E-state index in [0.717, 1.165) is 29.1 Å². The van der Waals surface area contributed by atoms with Gasteiger partial charge < -0.3 is 9.73 Å². The highest BCUT2D eigenvalue weighted by molar-refractivity contribution is 5.35. The monoisotopic (exact) mass is 281 g/mol. The van der Waals surface area contributed by atoms with Gasteiger partial charge in [-0.15, -0.1) is 0 Å².